The molecular formula is C13H8. The molecule has 1 rings (SSSR count). The largest absolute Gasteiger partial charge is 0.0925 e. The molecule has 0 heteroatoms. The van der Waals surface area contributed by atoms with Gasteiger partial charge in [0.25, 0.3) is 0 Å². The van der Waals surface area contributed by atoms with Crippen LogP contribution in [0, 0.1) is 35.5 Å². The van der Waals surface area contributed by atoms with Crippen molar-refractivity contribution in [1.82, 2.24) is 0 Å². The third-order valence-corrected chi connectivity index (χ3v) is 1.29. The standard InChI is InChI=1S/C13H8/c1-2-3-4-5-7-10-13-11-8-6-9-12-13/h6,8-9,11-12H,1H3/i2+2,4+2,7+2,8+2,9+2,13+2. The molecule has 0 saturated heterocycles. The normalized spacial score (nSPS) is 6.54. The molecule has 0 N–H and O–H groups in total. The molecule has 0 nitrogen and oxygen atoms in total. The molecule has 0 aliphatic carbocycles. The SMILES string of the molecule is C[14C]#C[14C]#C[14C]#C[14c]1c[14cH]c[14cH]c1. The molecule has 0 atom stereocenters. The molecule has 0 radical (unpaired) electrons. The van der Waals surface area contributed by atoms with Crippen LogP contribution in [0.15, 0.2) is 30.3 Å². The second kappa shape index (κ2) is 5.54. The summed E-state index contributed by atoms with van der Waals surface area (Å²) >= 11 is 0. The predicted octanol–water partition coefficient (Wildman–Crippen LogP) is 2.06. The number of hydrogen-bond acceptors (Lipinski definition) is 0. The van der Waals surface area contributed by atoms with Gasteiger partial charge in [0.1, 0.15) is 0 Å². The second-order valence-corrected chi connectivity index (χ2v) is 2.24. The lowest BCUT2D eigenvalue weighted by molar-refractivity contribution is 1.65. The van der Waals surface area contributed by atoms with E-state index in [0.717, 1.165) is 5.56 Å². The van der Waals surface area contributed by atoms with Crippen LogP contribution in [-0.4, -0.2) is 0 Å². The van der Waals surface area contributed by atoms with Gasteiger partial charge in [0.2, 0.25) is 0 Å². The van der Waals surface area contributed by atoms with Crippen LogP contribution in [0.5, 0.6) is 0 Å². The van der Waals surface area contributed by atoms with Crippen molar-refractivity contribution < 1.29 is 0 Å². The maximum Gasteiger partial charge on any atom is 0.0255 e. The third-order valence-electron chi connectivity index (χ3n) is 1.29. The molecule has 0 fully saturated rings. The molecule has 1 aromatic carbocycles. The Morgan fingerprint density at radius 1 is 1.15 bits per heavy atom. The zero-order valence-corrected chi connectivity index (χ0v) is 7.39. The van der Waals surface area contributed by atoms with E-state index >= 15 is 0 Å². The highest BCUT2D eigenvalue weighted by Gasteiger charge is 1.78. The predicted molar refractivity (Wildman–Crippen MR) is 54.5 cm³/mol. The zero-order valence-electron chi connectivity index (χ0n) is 7.39. The summed E-state index contributed by atoms with van der Waals surface area (Å²) in [4.78, 5) is 0. The van der Waals surface area contributed by atoms with Gasteiger partial charge in [-0.25, -0.2) is 0 Å². The summed E-state index contributed by atoms with van der Waals surface area (Å²) in [6, 6.07) is 9.74. The first-order valence-electron chi connectivity index (χ1n) is 3.91. The Morgan fingerprint density at radius 2 is 1.92 bits per heavy atom. The van der Waals surface area contributed by atoms with Gasteiger partial charge in [-0.15, -0.1) is 0 Å². The van der Waals surface area contributed by atoms with Gasteiger partial charge >= 0.3 is 0 Å². The van der Waals surface area contributed by atoms with E-state index in [4.69, 9.17) is 0 Å². The van der Waals surface area contributed by atoms with Gasteiger partial charge in [-0.05, 0) is 42.7 Å². The van der Waals surface area contributed by atoms with Crippen LogP contribution < -0.4 is 0 Å². The van der Waals surface area contributed by atoms with Gasteiger partial charge in [0.15, 0.2) is 0 Å². The van der Waals surface area contributed by atoms with Gasteiger partial charge in [0, 0.05) is 5.56 Å². The van der Waals surface area contributed by atoms with Gasteiger partial charge in [-0.3, -0.25) is 0 Å². The number of benzene rings is 1. The van der Waals surface area contributed by atoms with E-state index in [1.807, 2.05) is 30.3 Å². The first-order chi connectivity index (χ1) is 6.43. The average molecular weight is 176 g/mol. The van der Waals surface area contributed by atoms with Crippen LogP contribution in [0.2, 0.25) is 0 Å². The van der Waals surface area contributed by atoms with E-state index in [-0.39, 0.29) is 0 Å². The summed E-state index contributed by atoms with van der Waals surface area (Å²) in [5, 5.41) is 0. The molecular weight excluding hydrogens is 168 g/mol. The Morgan fingerprint density at radius 3 is 2.62 bits per heavy atom. The van der Waals surface area contributed by atoms with Crippen molar-refractivity contribution in [3.05, 3.63) is 35.9 Å². The minimum absolute atomic E-state index is 0.973. The molecule has 0 unspecified atom stereocenters. The fourth-order valence-electron chi connectivity index (χ4n) is 0.750. The van der Waals surface area contributed by atoms with E-state index in [0.29, 0.717) is 0 Å². The minimum atomic E-state index is 0.973. The lowest BCUT2D eigenvalue weighted by Crippen LogP contribution is -1.68. The molecule has 0 heterocycles. The topological polar surface area (TPSA) is 0 Å². The fraction of sp³-hybridized carbons (Fsp3) is 0.0769. The second-order valence-electron chi connectivity index (χ2n) is 2.24. The van der Waals surface area contributed by atoms with Gasteiger partial charge in [-0.1, -0.05) is 30.0 Å². The lowest BCUT2D eigenvalue weighted by atomic mass is 11.0. The summed E-state index contributed by atoms with van der Waals surface area (Å²) in [6.45, 7) is 1.75. The Labute approximate surface area is 79.0 Å². The van der Waals surface area contributed by atoms with Gasteiger partial charge < -0.3 is 0 Å². The van der Waals surface area contributed by atoms with Crippen molar-refractivity contribution in [2.45, 2.75) is 6.92 Å². The molecule has 0 spiro atoms. The van der Waals surface area contributed by atoms with E-state index < -0.39 is 0 Å². The smallest absolute Gasteiger partial charge is 0.0255 e. The Hall–Kier alpha value is -2.10. The highest BCUT2D eigenvalue weighted by molar-refractivity contribution is 5.42. The summed E-state index contributed by atoms with van der Waals surface area (Å²) in [6.07, 6.45) is 0. The van der Waals surface area contributed by atoms with Crippen molar-refractivity contribution in [2.75, 3.05) is 0 Å². The molecule has 13 heavy (non-hydrogen) atoms. The first-order valence-corrected chi connectivity index (χ1v) is 3.91. The van der Waals surface area contributed by atoms with Crippen molar-refractivity contribution in [3.8, 4) is 35.5 Å². The fourth-order valence-corrected chi connectivity index (χ4v) is 0.750. The zero-order chi connectivity index (χ0) is 9.36. The van der Waals surface area contributed by atoms with Crippen molar-refractivity contribution in [2.24, 2.45) is 0 Å². The minimum Gasteiger partial charge on any atom is -0.0925 e. The van der Waals surface area contributed by atoms with E-state index in [2.05, 4.69) is 35.5 Å². The van der Waals surface area contributed by atoms with Crippen LogP contribution in [0.1, 0.15) is 12.5 Å². The van der Waals surface area contributed by atoms with Crippen LogP contribution in [0.3, 0.4) is 0 Å². The quantitative estimate of drug-likeness (QED) is 0.531. The molecule has 0 bridgehead atoms. The Kier molecular flexibility index (Phi) is 3.83. The number of rotatable bonds is 0. The van der Waals surface area contributed by atoms with Gasteiger partial charge in [-0.2, -0.15) is 0 Å². The molecule has 1 aromatic rings. The van der Waals surface area contributed by atoms with Crippen molar-refractivity contribution in [3.63, 3.8) is 0 Å². The Bertz CT molecular complexity index is 433. The van der Waals surface area contributed by atoms with E-state index in [1.165, 1.54) is 0 Å². The summed E-state index contributed by atoms with van der Waals surface area (Å²) in [5.74, 6) is 16.2. The summed E-state index contributed by atoms with van der Waals surface area (Å²) < 4.78 is 0. The highest BCUT2D eigenvalue weighted by atomic mass is 15.1. The van der Waals surface area contributed by atoms with E-state index in [9.17, 15) is 0 Å². The summed E-state index contributed by atoms with van der Waals surface area (Å²) in [5.41, 5.74) is 0.973. The van der Waals surface area contributed by atoms with Crippen LogP contribution >= 0.6 is 0 Å². The summed E-state index contributed by atoms with van der Waals surface area (Å²) in [7, 11) is 0. The number of hydrogen-bond donors (Lipinski definition) is 0. The molecule has 0 amide bonds. The monoisotopic (exact) mass is 176 g/mol. The van der Waals surface area contributed by atoms with Gasteiger partial charge in [0.05, 0.1) is 0 Å². The van der Waals surface area contributed by atoms with Crippen LogP contribution in [-0.2, 0) is 0 Å². The molecule has 0 aliphatic heterocycles. The van der Waals surface area contributed by atoms with Crippen molar-refractivity contribution in [1.29, 1.82) is 0 Å². The molecule has 0 aliphatic rings. The molecule has 0 aromatic heterocycles. The molecule has 60 valence electrons. The highest BCUT2D eigenvalue weighted by Crippen LogP contribution is 1.93. The maximum absolute atomic E-state index is 2.91. The van der Waals surface area contributed by atoms with E-state index in [1.54, 1.807) is 6.92 Å². The van der Waals surface area contributed by atoms with Crippen LogP contribution in [0.25, 0.3) is 0 Å². The Balaban J connectivity index is 2.69. The molecule has 0 saturated carbocycles. The average Bonchev–Trinajstić information content (AvgIpc) is 2.19. The lowest BCUT2D eigenvalue weighted by Gasteiger charge is -1.83. The third kappa shape index (κ3) is 3.71. The van der Waals surface area contributed by atoms with Crippen LogP contribution in [0.4, 0.5) is 0 Å². The van der Waals surface area contributed by atoms with Crippen molar-refractivity contribution >= 4 is 0 Å². The first kappa shape index (κ1) is 8.99. The maximum atomic E-state index is 2.91.